The number of para-hydroxylation sites is 2. The van der Waals surface area contributed by atoms with Gasteiger partial charge in [0.05, 0.1) is 11.0 Å². The maximum atomic E-state index is 12.9. The molecule has 0 saturated heterocycles. The third-order valence-corrected chi connectivity index (χ3v) is 5.72. The van der Waals surface area contributed by atoms with Gasteiger partial charge in [-0.25, -0.2) is 4.98 Å². The van der Waals surface area contributed by atoms with Crippen LogP contribution in [-0.4, -0.2) is 45.9 Å². The first kappa shape index (κ1) is 25.0. The molecular formula is C28H34N4O2. The molecule has 0 fully saturated rings. The number of fused-ring (bicyclic) bond motifs is 1. The lowest BCUT2D eigenvalue weighted by Gasteiger charge is -2.20. The van der Waals surface area contributed by atoms with Gasteiger partial charge in [0.25, 0.3) is 5.91 Å². The highest BCUT2D eigenvalue weighted by molar-refractivity contribution is 5.94. The second-order valence-electron chi connectivity index (χ2n) is 8.42. The van der Waals surface area contributed by atoms with Crippen molar-refractivity contribution in [1.29, 1.82) is 0 Å². The predicted molar refractivity (Wildman–Crippen MR) is 138 cm³/mol. The monoisotopic (exact) mass is 458 g/mol. The van der Waals surface area contributed by atoms with Crippen LogP contribution in [0.2, 0.25) is 0 Å². The number of nitrogens with zero attached hydrogens (tertiary/aromatic N) is 3. The van der Waals surface area contributed by atoms with E-state index in [0.717, 1.165) is 48.1 Å². The average molecular weight is 459 g/mol. The van der Waals surface area contributed by atoms with Gasteiger partial charge < -0.3 is 14.8 Å². The van der Waals surface area contributed by atoms with Gasteiger partial charge in [0.1, 0.15) is 12.4 Å². The lowest BCUT2D eigenvalue weighted by molar-refractivity contribution is -0.130. The van der Waals surface area contributed by atoms with E-state index in [1.165, 1.54) is 0 Å². The highest BCUT2D eigenvalue weighted by Gasteiger charge is 2.17. The van der Waals surface area contributed by atoms with Gasteiger partial charge in [-0.3, -0.25) is 9.59 Å². The molecule has 1 heterocycles. The molecule has 0 spiro atoms. The zero-order valence-electron chi connectivity index (χ0n) is 20.0. The van der Waals surface area contributed by atoms with E-state index in [9.17, 15) is 9.59 Å². The van der Waals surface area contributed by atoms with Crippen LogP contribution in [0.5, 0.6) is 0 Å². The van der Waals surface area contributed by atoms with E-state index >= 15 is 0 Å². The zero-order valence-corrected chi connectivity index (χ0v) is 20.0. The molecular weight excluding hydrogens is 424 g/mol. The molecule has 0 aliphatic carbocycles. The van der Waals surface area contributed by atoms with Crippen molar-refractivity contribution in [1.82, 2.24) is 19.8 Å². The Balaban J connectivity index is 1.56. The molecule has 3 aromatic rings. The standard InChI is InChI=1S/C28H34N4O2/c1-4-18-31(19-5-2)27(33)21-32-25-15-9-8-14-24(25)30-26(32)16-7-6-10-17-29-28(34)23-13-11-12-22(3)20-23/h4-5,8-9,11-15,20H,1-2,6-7,10,16-19,21H2,3H3,(H,29,34). The Morgan fingerprint density at radius 1 is 1.03 bits per heavy atom. The minimum absolute atomic E-state index is 0.0167. The normalized spacial score (nSPS) is 10.7. The van der Waals surface area contributed by atoms with Crippen LogP contribution in [-0.2, 0) is 17.8 Å². The number of rotatable bonds is 13. The Bertz CT molecular complexity index is 1140. The Hall–Kier alpha value is -3.67. The number of aromatic nitrogens is 2. The fourth-order valence-corrected chi connectivity index (χ4v) is 3.99. The van der Waals surface area contributed by atoms with Crippen molar-refractivity contribution in [2.75, 3.05) is 19.6 Å². The van der Waals surface area contributed by atoms with Crippen molar-refractivity contribution in [3.05, 3.63) is 90.8 Å². The summed E-state index contributed by atoms with van der Waals surface area (Å²) < 4.78 is 2.02. The molecule has 0 radical (unpaired) electrons. The summed E-state index contributed by atoms with van der Waals surface area (Å²) in [6.07, 6.45) is 7.02. The largest absolute Gasteiger partial charge is 0.352 e. The van der Waals surface area contributed by atoms with Crippen molar-refractivity contribution in [2.45, 2.75) is 39.2 Å². The molecule has 6 heteroatoms. The Kier molecular flexibility index (Phi) is 9.21. The van der Waals surface area contributed by atoms with Crippen molar-refractivity contribution in [2.24, 2.45) is 0 Å². The van der Waals surface area contributed by atoms with Crippen LogP contribution in [0.25, 0.3) is 11.0 Å². The van der Waals surface area contributed by atoms with Gasteiger partial charge in [-0.05, 0) is 44.0 Å². The average Bonchev–Trinajstić information content (AvgIpc) is 3.18. The number of carbonyl (C=O) groups excluding carboxylic acids is 2. The van der Waals surface area contributed by atoms with E-state index in [-0.39, 0.29) is 18.4 Å². The second kappa shape index (κ2) is 12.5. The SMILES string of the molecule is C=CCN(CC=C)C(=O)Cn1c(CCCCCNC(=O)c2cccc(C)c2)nc2ccccc21. The summed E-state index contributed by atoms with van der Waals surface area (Å²) in [7, 11) is 0. The number of imidazole rings is 1. The molecule has 34 heavy (non-hydrogen) atoms. The van der Waals surface area contributed by atoms with Gasteiger partial charge in [-0.15, -0.1) is 13.2 Å². The van der Waals surface area contributed by atoms with Crippen molar-refractivity contribution in [3.8, 4) is 0 Å². The lowest BCUT2D eigenvalue weighted by atomic mass is 10.1. The summed E-state index contributed by atoms with van der Waals surface area (Å²) in [6, 6.07) is 15.5. The minimum atomic E-state index is -0.0346. The third kappa shape index (κ3) is 6.67. The smallest absolute Gasteiger partial charge is 0.251 e. The number of unbranched alkanes of at least 4 members (excludes halogenated alkanes) is 2. The third-order valence-electron chi connectivity index (χ3n) is 5.72. The number of benzene rings is 2. The number of nitrogens with one attached hydrogen (secondary N) is 1. The molecule has 1 aromatic heterocycles. The van der Waals surface area contributed by atoms with Crippen LogP contribution in [0.3, 0.4) is 0 Å². The van der Waals surface area contributed by atoms with Gasteiger partial charge in [-0.2, -0.15) is 0 Å². The lowest BCUT2D eigenvalue weighted by Crippen LogP contribution is -2.34. The number of amides is 2. The van der Waals surface area contributed by atoms with Crippen molar-refractivity contribution in [3.63, 3.8) is 0 Å². The van der Waals surface area contributed by atoms with Crippen LogP contribution in [0.15, 0.2) is 73.8 Å². The van der Waals surface area contributed by atoms with Crippen LogP contribution in [0.4, 0.5) is 0 Å². The first-order valence-electron chi connectivity index (χ1n) is 11.8. The van der Waals surface area contributed by atoms with Gasteiger partial charge in [0.2, 0.25) is 5.91 Å². The molecule has 2 amide bonds. The molecule has 0 aliphatic heterocycles. The van der Waals surface area contributed by atoms with Crippen LogP contribution in [0.1, 0.15) is 41.0 Å². The van der Waals surface area contributed by atoms with Gasteiger partial charge in [0.15, 0.2) is 0 Å². The summed E-state index contributed by atoms with van der Waals surface area (Å²) in [5, 5.41) is 2.99. The topological polar surface area (TPSA) is 67.2 Å². The van der Waals surface area contributed by atoms with Gasteiger partial charge >= 0.3 is 0 Å². The van der Waals surface area contributed by atoms with Crippen LogP contribution >= 0.6 is 0 Å². The Morgan fingerprint density at radius 3 is 2.53 bits per heavy atom. The molecule has 0 bridgehead atoms. The van der Waals surface area contributed by atoms with Gasteiger partial charge in [-0.1, -0.05) is 48.4 Å². The van der Waals surface area contributed by atoms with Gasteiger partial charge in [0, 0.05) is 31.6 Å². The fraction of sp³-hybridized carbons (Fsp3) is 0.321. The number of hydrogen-bond acceptors (Lipinski definition) is 3. The summed E-state index contributed by atoms with van der Waals surface area (Å²) in [4.78, 5) is 31.7. The van der Waals surface area contributed by atoms with E-state index < -0.39 is 0 Å². The number of hydrogen-bond donors (Lipinski definition) is 1. The summed E-state index contributed by atoms with van der Waals surface area (Å²) in [5.41, 5.74) is 3.63. The highest BCUT2D eigenvalue weighted by atomic mass is 16.2. The zero-order chi connectivity index (χ0) is 24.3. The summed E-state index contributed by atoms with van der Waals surface area (Å²) >= 11 is 0. The summed E-state index contributed by atoms with van der Waals surface area (Å²) in [6.45, 7) is 11.3. The van der Waals surface area contributed by atoms with Crippen molar-refractivity contribution < 1.29 is 9.59 Å². The Labute approximate surface area is 202 Å². The first-order chi connectivity index (χ1) is 16.5. The highest BCUT2D eigenvalue weighted by Crippen LogP contribution is 2.18. The Morgan fingerprint density at radius 2 is 1.79 bits per heavy atom. The first-order valence-corrected chi connectivity index (χ1v) is 11.8. The number of aryl methyl sites for hydroxylation is 2. The maximum Gasteiger partial charge on any atom is 0.251 e. The molecule has 0 unspecified atom stereocenters. The second-order valence-corrected chi connectivity index (χ2v) is 8.42. The molecule has 6 nitrogen and oxygen atoms in total. The van der Waals surface area contributed by atoms with Crippen molar-refractivity contribution >= 4 is 22.8 Å². The van der Waals surface area contributed by atoms with Crippen LogP contribution in [0, 0.1) is 6.92 Å². The van der Waals surface area contributed by atoms with E-state index in [2.05, 4.69) is 18.5 Å². The predicted octanol–water partition coefficient (Wildman–Crippen LogP) is 4.69. The fourth-order valence-electron chi connectivity index (χ4n) is 3.99. The van der Waals surface area contributed by atoms with E-state index in [4.69, 9.17) is 4.98 Å². The van der Waals surface area contributed by atoms with E-state index in [0.29, 0.717) is 25.2 Å². The molecule has 178 valence electrons. The van der Waals surface area contributed by atoms with E-state index in [1.54, 1.807) is 17.1 Å². The summed E-state index contributed by atoms with van der Waals surface area (Å²) in [5.74, 6) is 0.895. The van der Waals surface area contributed by atoms with Crippen LogP contribution < -0.4 is 5.32 Å². The number of carbonyl (C=O) groups is 2. The molecule has 3 rings (SSSR count). The van der Waals surface area contributed by atoms with E-state index in [1.807, 2.05) is 60.0 Å². The maximum absolute atomic E-state index is 12.9. The molecule has 1 N–H and O–H groups in total. The quantitative estimate of drug-likeness (QED) is 0.299. The molecule has 0 saturated carbocycles. The molecule has 0 atom stereocenters. The molecule has 0 aliphatic rings. The minimum Gasteiger partial charge on any atom is -0.352 e. The molecule has 2 aromatic carbocycles.